The number of nitriles is 1. The first-order valence-electron chi connectivity index (χ1n) is 15.3. The number of nitrogens with zero attached hydrogens (tertiary/aromatic N) is 5. The second kappa shape index (κ2) is 12.4. The molecule has 0 saturated carbocycles. The summed E-state index contributed by atoms with van der Waals surface area (Å²) in [7, 11) is -2.73. The summed E-state index contributed by atoms with van der Waals surface area (Å²) in [4.78, 5) is 16.0. The Morgan fingerprint density at radius 2 is 1.71 bits per heavy atom. The fourth-order valence-electron chi connectivity index (χ4n) is 6.44. The van der Waals surface area contributed by atoms with Crippen LogP contribution < -0.4 is 15.7 Å². The van der Waals surface area contributed by atoms with Gasteiger partial charge in [0.15, 0.2) is 0 Å². The van der Waals surface area contributed by atoms with Gasteiger partial charge in [0.1, 0.15) is 5.75 Å². The van der Waals surface area contributed by atoms with E-state index in [1.165, 1.54) is 22.6 Å². The minimum Gasteiger partial charge on any atom is -0.507 e. The largest absolute Gasteiger partial charge is 0.507 e. The number of aromatic nitrogens is 3. The maximum atomic E-state index is 10.4. The number of phenolic OH excluding ortho intramolecular Hbond substituents is 1. The van der Waals surface area contributed by atoms with Gasteiger partial charge >= 0.3 is 0 Å². The molecule has 0 unspecified atom stereocenters. The third kappa shape index (κ3) is 6.07. The lowest BCUT2D eigenvalue weighted by Gasteiger charge is -2.48. The highest BCUT2D eigenvalue weighted by Crippen LogP contribution is 2.38. The van der Waals surface area contributed by atoms with Crippen LogP contribution in [0.25, 0.3) is 22.6 Å². The van der Waals surface area contributed by atoms with Gasteiger partial charge in [0.05, 0.1) is 29.6 Å². The van der Waals surface area contributed by atoms with Crippen LogP contribution in [0.1, 0.15) is 39.7 Å². The zero-order valence-electron chi connectivity index (χ0n) is 26.1. The first-order valence-corrected chi connectivity index (χ1v) is 17.3. The van der Waals surface area contributed by atoms with Gasteiger partial charge in [0, 0.05) is 24.7 Å². The quantitative estimate of drug-likeness (QED) is 0.223. The van der Waals surface area contributed by atoms with E-state index in [1.807, 2.05) is 6.07 Å². The summed E-state index contributed by atoms with van der Waals surface area (Å²) in [6, 6.07) is 28.6. The number of nitrogens with one attached hydrogen (secondary N) is 1. The van der Waals surface area contributed by atoms with Crippen LogP contribution in [0.5, 0.6) is 5.75 Å². The van der Waals surface area contributed by atoms with Crippen LogP contribution in [0.15, 0.2) is 89.5 Å². The number of piperidine rings is 1. The minimum absolute atomic E-state index is 0.0194. The first-order chi connectivity index (χ1) is 21.7. The Hall–Kier alpha value is -4.56. The molecule has 1 aliphatic heterocycles. The molecule has 0 aliphatic carbocycles. The number of hydrogen-bond acceptors (Lipinski definition) is 9. The summed E-state index contributed by atoms with van der Waals surface area (Å²) in [5.41, 5.74) is 1.91. The lowest BCUT2D eigenvalue weighted by Crippen LogP contribution is -2.69. The standard InChI is InChI=1S/C35H38N6O3Si/c1-5-41-22-25(38-34-40-32-33(43-34)37-21-30(39-32)29-17-16-24(20-36)18-31(29)42)19-26(23-41)44-45(35(2,3)4,27-12-8-6-9-13-27)28-14-10-7-11-15-28/h6-18,21,25-26,42H,5,19,22-23H2,1-4H3,(H,38,39,40)/t25-,26+/m1/s1. The van der Waals surface area contributed by atoms with Crippen LogP contribution in [0.4, 0.5) is 6.01 Å². The van der Waals surface area contributed by atoms with Crippen LogP contribution in [0, 0.1) is 11.3 Å². The van der Waals surface area contributed by atoms with Crippen LogP contribution in [-0.4, -0.2) is 65.1 Å². The molecule has 230 valence electrons. The molecule has 6 rings (SSSR count). The van der Waals surface area contributed by atoms with E-state index in [-0.39, 0.29) is 22.9 Å². The summed E-state index contributed by atoms with van der Waals surface area (Å²) < 4.78 is 13.5. The molecule has 0 amide bonds. The Morgan fingerprint density at radius 3 is 2.31 bits per heavy atom. The van der Waals surface area contributed by atoms with E-state index in [2.05, 4.69) is 114 Å². The topological polar surface area (TPSA) is 120 Å². The number of fused-ring (bicyclic) bond motifs is 1. The number of anilines is 1. The van der Waals surface area contributed by atoms with Crippen LogP contribution in [0.2, 0.25) is 5.04 Å². The SMILES string of the molecule is CCN1C[C@H](Nc2nc3nc(-c4ccc(C#N)cc4O)cnc3o2)C[C@H](O[Si](c2ccccc2)(c2ccccc2)C(C)(C)C)C1. The number of benzene rings is 3. The van der Waals surface area contributed by atoms with E-state index in [0.29, 0.717) is 34.2 Å². The van der Waals surface area contributed by atoms with Crippen molar-refractivity contribution in [1.29, 1.82) is 5.26 Å². The Bertz CT molecular complexity index is 1780. The van der Waals surface area contributed by atoms with E-state index < -0.39 is 8.32 Å². The monoisotopic (exact) mass is 618 g/mol. The molecule has 1 saturated heterocycles. The molecule has 3 aromatic carbocycles. The molecule has 2 N–H and O–H groups in total. The number of aromatic hydroxyl groups is 1. The summed E-state index contributed by atoms with van der Waals surface area (Å²) in [6.07, 6.45) is 2.30. The highest BCUT2D eigenvalue weighted by Gasteiger charge is 2.52. The van der Waals surface area contributed by atoms with Crippen molar-refractivity contribution in [2.24, 2.45) is 0 Å². The third-order valence-corrected chi connectivity index (χ3v) is 13.6. The van der Waals surface area contributed by atoms with Gasteiger partial charge < -0.3 is 19.3 Å². The number of likely N-dealkylation sites (N-methyl/N-ethyl adjacent to an activating group) is 1. The highest BCUT2D eigenvalue weighted by atomic mass is 28.4. The van der Waals surface area contributed by atoms with Gasteiger partial charge in [-0.1, -0.05) is 88.4 Å². The van der Waals surface area contributed by atoms with E-state index in [1.54, 1.807) is 12.1 Å². The van der Waals surface area contributed by atoms with Crippen molar-refractivity contribution in [3.05, 3.63) is 90.6 Å². The fourth-order valence-corrected chi connectivity index (χ4v) is 11.1. The molecule has 0 radical (unpaired) electrons. The van der Waals surface area contributed by atoms with Crippen molar-refractivity contribution in [1.82, 2.24) is 19.9 Å². The van der Waals surface area contributed by atoms with Crippen molar-refractivity contribution in [2.45, 2.75) is 51.3 Å². The van der Waals surface area contributed by atoms with Crippen LogP contribution in [-0.2, 0) is 4.43 Å². The van der Waals surface area contributed by atoms with Gasteiger partial charge in [-0.2, -0.15) is 10.2 Å². The predicted molar refractivity (Wildman–Crippen MR) is 178 cm³/mol. The zero-order chi connectivity index (χ0) is 31.6. The first kappa shape index (κ1) is 30.5. The molecule has 9 nitrogen and oxygen atoms in total. The molecule has 2 atom stereocenters. The zero-order valence-corrected chi connectivity index (χ0v) is 27.1. The number of likely N-dealkylation sites (tertiary alicyclic amines) is 1. The maximum absolute atomic E-state index is 10.4. The van der Waals surface area contributed by atoms with Crippen molar-refractivity contribution in [3.63, 3.8) is 0 Å². The molecular weight excluding hydrogens is 581 g/mol. The van der Waals surface area contributed by atoms with Crippen LogP contribution >= 0.6 is 0 Å². The van der Waals surface area contributed by atoms with Gasteiger partial charge in [-0.3, -0.25) is 4.90 Å². The molecule has 5 aromatic rings. The lowest BCUT2D eigenvalue weighted by molar-refractivity contribution is 0.0772. The van der Waals surface area contributed by atoms with Gasteiger partial charge in [0.2, 0.25) is 5.65 Å². The number of hydrogen-bond donors (Lipinski definition) is 2. The number of oxazole rings is 1. The average Bonchev–Trinajstić information content (AvgIpc) is 3.45. The number of rotatable bonds is 8. The molecule has 3 heterocycles. The fraction of sp³-hybridized carbons (Fsp3) is 0.314. The van der Waals surface area contributed by atoms with E-state index in [4.69, 9.17) is 14.1 Å². The number of phenols is 1. The van der Waals surface area contributed by atoms with Crippen molar-refractivity contribution in [2.75, 3.05) is 25.0 Å². The van der Waals surface area contributed by atoms with Crippen molar-refractivity contribution < 1.29 is 13.9 Å². The summed E-state index contributed by atoms with van der Waals surface area (Å²) in [5.74, 6) is -0.0432. The molecule has 1 aliphatic rings. The second-order valence-electron chi connectivity index (χ2n) is 12.6. The summed E-state index contributed by atoms with van der Waals surface area (Å²) in [5, 5.41) is 25.5. The third-order valence-electron chi connectivity index (χ3n) is 8.55. The Kier molecular flexibility index (Phi) is 8.42. The van der Waals surface area contributed by atoms with E-state index in [0.717, 1.165) is 26.1 Å². The van der Waals surface area contributed by atoms with E-state index in [9.17, 15) is 5.11 Å². The highest BCUT2D eigenvalue weighted by molar-refractivity contribution is 6.99. The second-order valence-corrected chi connectivity index (χ2v) is 16.8. The molecule has 0 spiro atoms. The van der Waals surface area contributed by atoms with Gasteiger partial charge in [-0.05, 0) is 46.6 Å². The molecule has 45 heavy (non-hydrogen) atoms. The van der Waals surface area contributed by atoms with Crippen molar-refractivity contribution >= 4 is 36.1 Å². The maximum Gasteiger partial charge on any atom is 0.298 e. The minimum atomic E-state index is -2.73. The Balaban J connectivity index is 1.28. The summed E-state index contributed by atoms with van der Waals surface area (Å²) in [6.45, 7) is 11.6. The molecular formula is C35H38N6O3Si. The van der Waals surface area contributed by atoms with Crippen LogP contribution in [0.3, 0.4) is 0 Å². The average molecular weight is 619 g/mol. The Morgan fingerprint density at radius 1 is 1.02 bits per heavy atom. The van der Waals surface area contributed by atoms with E-state index >= 15 is 0 Å². The van der Waals surface area contributed by atoms with Gasteiger partial charge in [-0.25, -0.2) is 9.97 Å². The normalized spacial score (nSPS) is 17.7. The van der Waals surface area contributed by atoms with Gasteiger partial charge in [0.25, 0.3) is 20.0 Å². The summed E-state index contributed by atoms with van der Waals surface area (Å²) >= 11 is 0. The molecule has 1 fully saturated rings. The molecule has 2 aromatic heterocycles. The predicted octanol–water partition coefficient (Wildman–Crippen LogP) is 5.31. The lowest BCUT2D eigenvalue weighted by atomic mass is 10.0. The molecule has 0 bridgehead atoms. The Labute approximate surface area is 264 Å². The van der Waals surface area contributed by atoms with Gasteiger partial charge in [-0.15, -0.1) is 0 Å². The smallest absolute Gasteiger partial charge is 0.298 e. The van der Waals surface area contributed by atoms with Crippen molar-refractivity contribution in [3.8, 4) is 23.1 Å². The molecule has 10 heteroatoms.